The number of aromatic nitrogens is 1. The molecule has 0 unspecified atom stereocenters. The van der Waals surface area contributed by atoms with Gasteiger partial charge in [-0.2, -0.15) is 0 Å². The van der Waals surface area contributed by atoms with E-state index >= 15 is 0 Å². The van der Waals surface area contributed by atoms with Crippen LogP contribution in [0.2, 0.25) is 5.02 Å². The molecule has 0 saturated carbocycles. The number of aryl methyl sites for hydroxylation is 2. The summed E-state index contributed by atoms with van der Waals surface area (Å²) >= 11 is 6.34. The molecule has 2 aromatic carbocycles. The lowest BCUT2D eigenvalue weighted by atomic mass is 9.88. The standard InChI is InChI=1S/C30H30ClN3O2/c1-19(2)29(35)33-25-10-7-22(8-11-25)30(36)34-16-13-20(14-17-34)27-26-12-9-24(31)18-23(26)6-5-21-4-3-15-32-28(21)27/h3-4,7-12,15,18-19H,5-6,13-14,16-17H2,1-2H3,(H,33,35). The number of carbonyl (C=O) groups excluding carboxylic acids is 2. The number of hydrogen-bond donors (Lipinski definition) is 1. The monoisotopic (exact) mass is 499 g/mol. The van der Waals surface area contributed by atoms with Gasteiger partial charge in [-0.1, -0.05) is 43.2 Å². The van der Waals surface area contributed by atoms with Gasteiger partial charge in [0.2, 0.25) is 5.91 Å². The minimum atomic E-state index is -0.0949. The van der Waals surface area contributed by atoms with Crippen LogP contribution in [0.5, 0.6) is 0 Å². The van der Waals surface area contributed by atoms with Crippen molar-refractivity contribution in [2.24, 2.45) is 5.92 Å². The van der Waals surface area contributed by atoms with E-state index in [0.717, 1.165) is 36.4 Å². The highest BCUT2D eigenvalue weighted by molar-refractivity contribution is 6.30. The number of amides is 2. The number of nitrogens with zero attached hydrogens (tertiary/aromatic N) is 2. The summed E-state index contributed by atoms with van der Waals surface area (Å²) < 4.78 is 0. The molecule has 0 atom stereocenters. The van der Waals surface area contributed by atoms with E-state index < -0.39 is 0 Å². The molecule has 1 aliphatic carbocycles. The number of benzene rings is 2. The lowest BCUT2D eigenvalue weighted by Crippen LogP contribution is -2.36. The van der Waals surface area contributed by atoms with Crippen molar-refractivity contribution in [3.63, 3.8) is 0 Å². The summed E-state index contributed by atoms with van der Waals surface area (Å²) in [6.45, 7) is 5.03. The van der Waals surface area contributed by atoms with Crippen LogP contribution >= 0.6 is 11.6 Å². The quantitative estimate of drug-likeness (QED) is 0.469. The van der Waals surface area contributed by atoms with Gasteiger partial charge in [0.05, 0.1) is 5.69 Å². The first-order valence-electron chi connectivity index (χ1n) is 12.6. The summed E-state index contributed by atoms with van der Waals surface area (Å²) in [7, 11) is 0. The van der Waals surface area contributed by atoms with Crippen molar-refractivity contribution in [3.8, 4) is 0 Å². The van der Waals surface area contributed by atoms with Crippen molar-refractivity contribution in [1.29, 1.82) is 0 Å². The molecule has 1 N–H and O–H groups in total. The van der Waals surface area contributed by atoms with Crippen LogP contribution in [-0.4, -0.2) is 34.8 Å². The van der Waals surface area contributed by atoms with E-state index in [2.05, 4.69) is 23.5 Å². The summed E-state index contributed by atoms with van der Waals surface area (Å²) in [6.07, 6.45) is 5.35. The first-order chi connectivity index (χ1) is 17.4. The van der Waals surface area contributed by atoms with Crippen LogP contribution in [0.15, 0.2) is 66.4 Å². The van der Waals surface area contributed by atoms with Crippen molar-refractivity contribution < 1.29 is 9.59 Å². The SMILES string of the molecule is CC(C)C(=O)Nc1ccc(C(=O)N2CCC(=C3c4ccc(Cl)cc4CCc4cccnc43)CC2)cc1. The maximum atomic E-state index is 13.2. The smallest absolute Gasteiger partial charge is 0.253 e. The first kappa shape index (κ1) is 24.3. The molecule has 0 radical (unpaired) electrons. The average Bonchev–Trinajstić information content (AvgIpc) is 3.05. The van der Waals surface area contributed by atoms with Crippen LogP contribution in [0, 0.1) is 5.92 Å². The van der Waals surface area contributed by atoms with Gasteiger partial charge in [-0.3, -0.25) is 14.6 Å². The number of nitrogens with one attached hydrogen (secondary N) is 1. The summed E-state index contributed by atoms with van der Waals surface area (Å²) in [5, 5.41) is 3.63. The van der Waals surface area contributed by atoms with Gasteiger partial charge in [-0.15, -0.1) is 0 Å². The van der Waals surface area contributed by atoms with Crippen molar-refractivity contribution in [2.75, 3.05) is 18.4 Å². The second kappa shape index (κ2) is 10.3. The zero-order valence-electron chi connectivity index (χ0n) is 20.7. The van der Waals surface area contributed by atoms with Crippen LogP contribution in [0.1, 0.15) is 59.4 Å². The van der Waals surface area contributed by atoms with Crippen LogP contribution in [-0.2, 0) is 17.6 Å². The van der Waals surface area contributed by atoms with Gasteiger partial charge in [0, 0.05) is 47.1 Å². The Bertz CT molecular complexity index is 1330. The molecule has 0 bridgehead atoms. The summed E-state index contributed by atoms with van der Waals surface area (Å²) in [6, 6.07) is 17.5. The van der Waals surface area contributed by atoms with Gasteiger partial charge >= 0.3 is 0 Å². The zero-order valence-corrected chi connectivity index (χ0v) is 21.4. The first-order valence-corrected chi connectivity index (χ1v) is 12.9. The summed E-state index contributed by atoms with van der Waals surface area (Å²) in [5.41, 5.74) is 8.69. The lowest BCUT2D eigenvalue weighted by molar-refractivity contribution is -0.118. The molecule has 0 spiro atoms. The van der Waals surface area contributed by atoms with Crippen molar-refractivity contribution >= 4 is 34.7 Å². The molecule has 1 aliphatic heterocycles. The molecule has 2 aliphatic rings. The highest BCUT2D eigenvalue weighted by Crippen LogP contribution is 2.38. The van der Waals surface area contributed by atoms with Crippen LogP contribution in [0.4, 0.5) is 5.69 Å². The molecule has 2 heterocycles. The number of pyridine rings is 1. The Morgan fingerprint density at radius 2 is 1.67 bits per heavy atom. The molecule has 5 rings (SSSR count). The number of rotatable bonds is 3. The lowest BCUT2D eigenvalue weighted by Gasteiger charge is -2.30. The molecule has 1 saturated heterocycles. The second-order valence-corrected chi connectivity index (χ2v) is 10.2. The number of halogens is 1. The number of hydrogen-bond acceptors (Lipinski definition) is 3. The molecule has 6 heteroatoms. The number of likely N-dealkylation sites (tertiary alicyclic amines) is 1. The molecule has 5 nitrogen and oxygen atoms in total. The molecule has 3 aromatic rings. The van der Waals surface area contributed by atoms with E-state index in [0.29, 0.717) is 24.3 Å². The van der Waals surface area contributed by atoms with Crippen LogP contribution in [0.25, 0.3) is 5.57 Å². The Morgan fingerprint density at radius 1 is 0.944 bits per heavy atom. The second-order valence-electron chi connectivity index (χ2n) is 9.80. The maximum absolute atomic E-state index is 13.2. The number of fused-ring (bicyclic) bond motifs is 2. The van der Waals surface area contributed by atoms with Gasteiger partial charge < -0.3 is 10.2 Å². The van der Waals surface area contributed by atoms with Crippen LogP contribution in [0.3, 0.4) is 0 Å². The molecule has 36 heavy (non-hydrogen) atoms. The third-order valence-electron chi connectivity index (χ3n) is 7.06. The predicted octanol–water partition coefficient (Wildman–Crippen LogP) is 6.17. The normalized spacial score (nSPS) is 15.3. The Kier molecular flexibility index (Phi) is 6.92. The van der Waals surface area contributed by atoms with E-state index in [-0.39, 0.29) is 17.7 Å². The van der Waals surface area contributed by atoms with E-state index in [4.69, 9.17) is 16.6 Å². The van der Waals surface area contributed by atoms with Gasteiger partial charge in [0.15, 0.2) is 0 Å². The highest BCUT2D eigenvalue weighted by atomic mass is 35.5. The fraction of sp³-hybridized carbons (Fsp3) is 0.300. The molecule has 1 fully saturated rings. The third-order valence-corrected chi connectivity index (χ3v) is 7.30. The Hall–Kier alpha value is -3.44. The van der Waals surface area contributed by atoms with E-state index in [9.17, 15) is 9.59 Å². The van der Waals surface area contributed by atoms with Gasteiger partial charge in [0.25, 0.3) is 5.91 Å². The Labute approximate surface area is 217 Å². The highest BCUT2D eigenvalue weighted by Gasteiger charge is 2.27. The third kappa shape index (κ3) is 4.93. The van der Waals surface area contributed by atoms with Gasteiger partial charge in [-0.05, 0) is 84.8 Å². The fourth-order valence-electron chi connectivity index (χ4n) is 5.03. The fourth-order valence-corrected chi connectivity index (χ4v) is 5.22. The van der Waals surface area contributed by atoms with E-state index in [1.165, 1.54) is 27.8 Å². The minimum Gasteiger partial charge on any atom is -0.338 e. The number of carbonyl (C=O) groups is 2. The van der Waals surface area contributed by atoms with E-state index in [1.54, 1.807) is 24.3 Å². The summed E-state index contributed by atoms with van der Waals surface area (Å²) in [5.74, 6) is -0.112. The largest absolute Gasteiger partial charge is 0.338 e. The van der Waals surface area contributed by atoms with Gasteiger partial charge in [0.1, 0.15) is 0 Å². The minimum absolute atomic E-state index is 0.0207. The van der Waals surface area contributed by atoms with E-state index in [1.807, 2.05) is 37.1 Å². The van der Waals surface area contributed by atoms with Crippen molar-refractivity contribution in [1.82, 2.24) is 9.88 Å². The van der Waals surface area contributed by atoms with Crippen molar-refractivity contribution in [2.45, 2.75) is 39.5 Å². The number of anilines is 1. The predicted molar refractivity (Wildman–Crippen MR) is 144 cm³/mol. The molecule has 1 aromatic heterocycles. The number of piperidine rings is 1. The van der Waals surface area contributed by atoms with Crippen LogP contribution < -0.4 is 5.32 Å². The topological polar surface area (TPSA) is 62.3 Å². The molecular weight excluding hydrogens is 470 g/mol. The Morgan fingerprint density at radius 3 is 2.39 bits per heavy atom. The Balaban J connectivity index is 1.37. The average molecular weight is 500 g/mol. The van der Waals surface area contributed by atoms with Crippen molar-refractivity contribution in [3.05, 3.63) is 99.3 Å². The maximum Gasteiger partial charge on any atom is 0.253 e. The van der Waals surface area contributed by atoms with Gasteiger partial charge in [-0.25, -0.2) is 0 Å². The molecule has 184 valence electrons. The summed E-state index contributed by atoms with van der Waals surface area (Å²) in [4.78, 5) is 31.9. The zero-order chi connectivity index (χ0) is 25.2. The molecular formula is C30H30ClN3O2. The molecule has 2 amide bonds.